The summed E-state index contributed by atoms with van der Waals surface area (Å²) in [6, 6.07) is 5.47. The van der Waals surface area contributed by atoms with E-state index in [9.17, 15) is 9.18 Å². The van der Waals surface area contributed by atoms with E-state index in [1.807, 2.05) is 0 Å². The maximum Gasteiger partial charge on any atom is 0.267 e. The lowest BCUT2D eigenvalue weighted by Gasteiger charge is -2.06. The lowest BCUT2D eigenvalue weighted by atomic mass is 10.2. The molecule has 2 rings (SSSR count). The molecule has 21 heavy (non-hydrogen) atoms. The maximum absolute atomic E-state index is 13.2. The third-order valence-electron chi connectivity index (χ3n) is 2.51. The average Bonchev–Trinajstić information content (AvgIpc) is 2.92. The van der Waals surface area contributed by atoms with E-state index in [1.54, 1.807) is 11.4 Å². The summed E-state index contributed by atoms with van der Waals surface area (Å²) < 4.78 is 13.2. The zero-order valence-electron chi connectivity index (χ0n) is 10.8. The number of anilines is 1. The largest absolute Gasteiger partial charge is 0.395 e. The number of hydrogen-bond donors (Lipinski definition) is 2. The second-order valence-electron chi connectivity index (χ2n) is 4.02. The molecule has 1 aromatic heterocycles. The number of aliphatic hydroxyl groups is 1. The molecule has 1 heterocycles. The lowest BCUT2D eigenvalue weighted by molar-refractivity contribution is 0.103. The van der Waals surface area contributed by atoms with Crippen LogP contribution in [-0.4, -0.2) is 17.6 Å². The van der Waals surface area contributed by atoms with Crippen molar-refractivity contribution in [3.05, 3.63) is 50.9 Å². The highest BCUT2D eigenvalue weighted by atomic mass is 35.5. The van der Waals surface area contributed by atoms with Gasteiger partial charge in [-0.25, -0.2) is 4.39 Å². The molecule has 2 aromatic rings. The fraction of sp³-hybridized carbons (Fsp3) is 0.133. The van der Waals surface area contributed by atoms with Crippen molar-refractivity contribution in [2.45, 2.75) is 6.42 Å². The number of amides is 1. The smallest absolute Gasteiger partial charge is 0.267 e. The Hall–Kier alpha value is -1.87. The van der Waals surface area contributed by atoms with Gasteiger partial charge in [0.05, 0.1) is 17.3 Å². The third-order valence-corrected chi connectivity index (χ3v) is 3.75. The molecule has 0 bridgehead atoms. The molecule has 0 aliphatic rings. The first-order chi connectivity index (χ1) is 10.1. The van der Waals surface area contributed by atoms with Gasteiger partial charge in [-0.2, -0.15) is 0 Å². The fourth-order valence-electron chi connectivity index (χ4n) is 1.57. The number of carbonyl (C=O) groups is 1. The van der Waals surface area contributed by atoms with Crippen LogP contribution in [0.2, 0.25) is 5.02 Å². The minimum Gasteiger partial charge on any atom is -0.395 e. The van der Waals surface area contributed by atoms with Crippen molar-refractivity contribution < 1.29 is 14.3 Å². The van der Waals surface area contributed by atoms with Crippen molar-refractivity contribution >= 4 is 34.5 Å². The van der Waals surface area contributed by atoms with Crippen LogP contribution in [0.15, 0.2) is 29.6 Å². The van der Waals surface area contributed by atoms with Crippen molar-refractivity contribution in [3.8, 4) is 11.8 Å². The van der Waals surface area contributed by atoms with Crippen LogP contribution >= 0.6 is 22.9 Å². The minimum absolute atomic E-state index is 0.0302. The average molecular weight is 324 g/mol. The predicted octanol–water partition coefficient (Wildman–Crippen LogP) is 3.53. The zero-order chi connectivity index (χ0) is 15.2. The molecule has 0 aliphatic heterocycles. The van der Waals surface area contributed by atoms with Crippen LogP contribution in [0.5, 0.6) is 0 Å². The molecule has 3 nitrogen and oxygen atoms in total. The van der Waals surface area contributed by atoms with Gasteiger partial charge in [0.2, 0.25) is 0 Å². The summed E-state index contributed by atoms with van der Waals surface area (Å²) in [7, 11) is 0. The molecule has 1 aromatic carbocycles. The molecular weight excluding hydrogens is 313 g/mol. The van der Waals surface area contributed by atoms with Gasteiger partial charge in [-0.15, -0.1) is 11.3 Å². The number of thiophene rings is 1. The first kappa shape index (κ1) is 15.5. The number of carbonyl (C=O) groups excluding carboxylic acids is 1. The standard InChI is InChI=1S/C15H11ClFNO2S/c16-12-5-4-11(17)9-13(12)18-15(20)14-10(6-8-21-14)3-1-2-7-19/h4-6,8-9,19H,2,7H2,(H,18,20). The molecule has 0 fully saturated rings. The first-order valence-corrected chi connectivity index (χ1v) is 7.31. The molecule has 108 valence electrons. The van der Waals surface area contributed by atoms with Gasteiger partial charge in [-0.1, -0.05) is 23.4 Å². The van der Waals surface area contributed by atoms with Crippen molar-refractivity contribution in [3.63, 3.8) is 0 Å². The SMILES string of the molecule is O=C(Nc1cc(F)ccc1Cl)c1sccc1C#CCCO. The Kier molecular flexibility index (Phi) is 5.34. The normalized spacial score (nSPS) is 9.86. The van der Waals surface area contributed by atoms with Crippen molar-refractivity contribution in [1.29, 1.82) is 0 Å². The van der Waals surface area contributed by atoms with Crippen LogP contribution in [0.4, 0.5) is 10.1 Å². The Morgan fingerprint density at radius 1 is 1.43 bits per heavy atom. The monoisotopic (exact) mass is 323 g/mol. The van der Waals surface area contributed by atoms with Gasteiger partial charge in [-0.05, 0) is 29.6 Å². The Morgan fingerprint density at radius 2 is 2.24 bits per heavy atom. The number of hydrogen-bond acceptors (Lipinski definition) is 3. The minimum atomic E-state index is -0.483. The summed E-state index contributed by atoms with van der Waals surface area (Å²) in [4.78, 5) is 12.6. The Balaban J connectivity index is 2.20. The Labute approximate surface area is 130 Å². The van der Waals surface area contributed by atoms with E-state index in [0.717, 1.165) is 6.07 Å². The van der Waals surface area contributed by atoms with Crippen molar-refractivity contribution in [2.24, 2.45) is 0 Å². The number of halogens is 2. The molecule has 1 amide bonds. The van der Waals surface area contributed by atoms with Crippen LogP contribution in [0.1, 0.15) is 21.7 Å². The zero-order valence-corrected chi connectivity index (χ0v) is 12.4. The summed E-state index contributed by atoms with van der Waals surface area (Å²) >= 11 is 7.14. The van der Waals surface area contributed by atoms with Gasteiger partial charge in [0.15, 0.2) is 0 Å². The molecule has 0 radical (unpaired) electrons. The fourth-order valence-corrected chi connectivity index (χ4v) is 2.48. The van der Waals surface area contributed by atoms with Crippen LogP contribution in [-0.2, 0) is 0 Å². The first-order valence-electron chi connectivity index (χ1n) is 6.05. The highest BCUT2D eigenvalue weighted by Gasteiger charge is 2.14. The molecule has 0 unspecified atom stereocenters. The maximum atomic E-state index is 13.2. The second-order valence-corrected chi connectivity index (χ2v) is 5.34. The van der Waals surface area contributed by atoms with E-state index in [0.29, 0.717) is 16.9 Å². The predicted molar refractivity (Wildman–Crippen MR) is 82.3 cm³/mol. The highest BCUT2D eigenvalue weighted by Crippen LogP contribution is 2.24. The van der Waals surface area contributed by atoms with Gasteiger partial charge in [0.1, 0.15) is 10.7 Å². The van der Waals surface area contributed by atoms with Gasteiger partial charge in [0, 0.05) is 12.0 Å². The van der Waals surface area contributed by atoms with Gasteiger partial charge in [-0.3, -0.25) is 4.79 Å². The van der Waals surface area contributed by atoms with Gasteiger partial charge < -0.3 is 10.4 Å². The summed E-state index contributed by atoms with van der Waals surface area (Å²) in [5.74, 6) is 4.70. The number of aliphatic hydroxyl groups excluding tert-OH is 1. The van der Waals surface area contributed by atoms with E-state index < -0.39 is 11.7 Å². The molecule has 6 heteroatoms. The van der Waals surface area contributed by atoms with E-state index in [-0.39, 0.29) is 17.3 Å². The lowest BCUT2D eigenvalue weighted by Crippen LogP contribution is -2.12. The third kappa shape index (κ3) is 4.05. The quantitative estimate of drug-likeness (QED) is 0.849. The van der Waals surface area contributed by atoms with E-state index >= 15 is 0 Å². The summed E-state index contributed by atoms with van der Waals surface area (Å²) in [5, 5.41) is 13.3. The summed E-state index contributed by atoms with van der Waals surface area (Å²) in [6.45, 7) is -0.0302. The summed E-state index contributed by atoms with van der Waals surface area (Å²) in [6.07, 6.45) is 0.340. The molecule has 0 aliphatic carbocycles. The second kappa shape index (κ2) is 7.23. The van der Waals surface area contributed by atoms with Crippen LogP contribution in [0.25, 0.3) is 0 Å². The molecule has 0 spiro atoms. The van der Waals surface area contributed by atoms with Crippen LogP contribution in [0.3, 0.4) is 0 Å². The van der Waals surface area contributed by atoms with Crippen LogP contribution < -0.4 is 5.32 Å². The summed E-state index contributed by atoms with van der Waals surface area (Å²) in [5.41, 5.74) is 0.780. The molecular formula is C15H11ClFNO2S. The van der Waals surface area contributed by atoms with Crippen molar-refractivity contribution in [2.75, 3.05) is 11.9 Å². The van der Waals surface area contributed by atoms with E-state index in [2.05, 4.69) is 17.2 Å². The molecule has 0 saturated heterocycles. The topological polar surface area (TPSA) is 49.3 Å². The number of rotatable bonds is 3. The Bertz CT molecular complexity index is 718. The number of nitrogens with one attached hydrogen (secondary N) is 1. The highest BCUT2D eigenvalue weighted by molar-refractivity contribution is 7.12. The molecule has 2 N–H and O–H groups in total. The Morgan fingerprint density at radius 3 is 3.00 bits per heavy atom. The molecule has 0 atom stereocenters. The molecule has 0 saturated carbocycles. The van der Waals surface area contributed by atoms with E-state index in [1.165, 1.54) is 23.5 Å². The van der Waals surface area contributed by atoms with Crippen LogP contribution in [0, 0.1) is 17.7 Å². The van der Waals surface area contributed by atoms with E-state index in [4.69, 9.17) is 16.7 Å². The van der Waals surface area contributed by atoms with Gasteiger partial charge in [0.25, 0.3) is 5.91 Å². The van der Waals surface area contributed by atoms with Gasteiger partial charge >= 0.3 is 0 Å². The number of benzene rings is 1. The van der Waals surface area contributed by atoms with Crippen molar-refractivity contribution in [1.82, 2.24) is 0 Å².